The number of aliphatic hydroxyl groups excluding tert-OH is 1. The first-order chi connectivity index (χ1) is 12.1. The van der Waals surface area contributed by atoms with Gasteiger partial charge in [0, 0.05) is 49.3 Å². The van der Waals surface area contributed by atoms with Crippen LogP contribution in [0.3, 0.4) is 0 Å². The lowest BCUT2D eigenvalue weighted by Crippen LogP contribution is -2.41. The van der Waals surface area contributed by atoms with Crippen LogP contribution < -0.4 is 5.32 Å². The van der Waals surface area contributed by atoms with Gasteiger partial charge in [0.25, 0.3) is 5.91 Å². The van der Waals surface area contributed by atoms with Gasteiger partial charge in [-0.3, -0.25) is 9.69 Å². The Bertz CT molecular complexity index is 719. The molecule has 2 N–H and O–H groups in total. The topological polar surface area (TPSA) is 52.6 Å². The van der Waals surface area contributed by atoms with E-state index in [9.17, 15) is 18.7 Å². The molecule has 0 unspecified atom stereocenters. The van der Waals surface area contributed by atoms with Crippen LogP contribution in [0, 0.1) is 17.6 Å². The number of likely N-dealkylation sites (tertiary alicyclic amines) is 1. The molecule has 1 fully saturated rings. The zero-order valence-electron chi connectivity index (χ0n) is 13.7. The molecule has 1 saturated heterocycles. The van der Waals surface area contributed by atoms with E-state index in [0.717, 1.165) is 0 Å². The molecule has 1 heterocycles. The fourth-order valence-electron chi connectivity index (χ4n) is 3.19. The predicted molar refractivity (Wildman–Crippen MR) is 89.9 cm³/mol. The maximum Gasteiger partial charge on any atom is 0.251 e. The van der Waals surface area contributed by atoms with Crippen LogP contribution in [0.2, 0.25) is 0 Å². The van der Waals surface area contributed by atoms with Gasteiger partial charge >= 0.3 is 0 Å². The van der Waals surface area contributed by atoms with Crippen LogP contribution in [-0.2, 0) is 6.54 Å². The van der Waals surface area contributed by atoms with E-state index in [-0.39, 0.29) is 36.6 Å². The van der Waals surface area contributed by atoms with E-state index in [1.54, 1.807) is 24.3 Å². The number of hydrogen-bond donors (Lipinski definition) is 2. The van der Waals surface area contributed by atoms with Gasteiger partial charge in [-0.15, -0.1) is 0 Å². The summed E-state index contributed by atoms with van der Waals surface area (Å²) in [5, 5.41) is 12.5. The maximum absolute atomic E-state index is 13.8. The summed E-state index contributed by atoms with van der Waals surface area (Å²) >= 11 is 0. The van der Waals surface area contributed by atoms with Crippen molar-refractivity contribution in [2.45, 2.75) is 12.6 Å². The monoisotopic (exact) mass is 346 g/mol. The largest absolute Gasteiger partial charge is 0.396 e. The van der Waals surface area contributed by atoms with Crippen molar-refractivity contribution in [1.82, 2.24) is 10.2 Å². The lowest BCUT2D eigenvalue weighted by Gasteiger charge is -2.18. The summed E-state index contributed by atoms with van der Waals surface area (Å²) < 4.78 is 27.7. The number of benzene rings is 2. The molecule has 6 heteroatoms. The van der Waals surface area contributed by atoms with Gasteiger partial charge in [0.2, 0.25) is 0 Å². The van der Waals surface area contributed by atoms with E-state index in [1.165, 1.54) is 18.2 Å². The molecule has 0 spiro atoms. The highest BCUT2D eigenvalue weighted by Gasteiger charge is 2.34. The molecule has 1 aliphatic rings. The highest BCUT2D eigenvalue weighted by molar-refractivity contribution is 5.94. The summed E-state index contributed by atoms with van der Waals surface area (Å²) in [7, 11) is 0. The number of carbonyl (C=O) groups excluding carboxylic acids is 1. The molecule has 0 aromatic heterocycles. The Kier molecular flexibility index (Phi) is 5.40. The van der Waals surface area contributed by atoms with Crippen molar-refractivity contribution in [3.63, 3.8) is 0 Å². The van der Waals surface area contributed by atoms with Crippen molar-refractivity contribution < 1.29 is 18.7 Å². The number of halogens is 2. The lowest BCUT2D eigenvalue weighted by molar-refractivity contribution is 0.0921. The minimum absolute atomic E-state index is 0.00854. The number of amides is 1. The van der Waals surface area contributed by atoms with Gasteiger partial charge in [0.05, 0.1) is 0 Å². The summed E-state index contributed by atoms with van der Waals surface area (Å²) in [6.07, 6.45) is 0. The number of nitrogens with one attached hydrogen (secondary N) is 1. The number of aliphatic hydroxyl groups is 1. The average molecular weight is 346 g/mol. The van der Waals surface area contributed by atoms with Gasteiger partial charge in [-0.25, -0.2) is 8.78 Å². The van der Waals surface area contributed by atoms with Crippen LogP contribution in [0.15, 0.2) is 48.5 Å². The van der Waals surface area contributed by atoms with E-state index < -0.39 is 11.6 Å². The first-order valence-corrected chi connectivity index (χ1v) is 8.20. The van der Waals surface area contributed by atoms with Gasteiger partial charge in [-0.05, 0) is 24.3 Å². The van der Waals surface area contributed by atoms with Crippen molar-refractivity contribution in [1.29, 1.82) is 0 Å². The van der Waals surface area contributed by atoms with E-state index in [0.29, 0.717) is 18.7 Å². The highest BCUT2D eigenvalue weighted by Crippen LogP contribution is 2.22. The fraction of sp³-hybridized carbons (Fsp3) is 0.316. The number of carbonyl (C=O) groups is 1. The molecule has 0 saturated carbocycles. The molecule has 0 aliphatic carbocycles. The van der Waals surface area contributed by atoms with Crippen LogP contribution in [0.5, 0.6) is 0 Å². The van der Waals surface area contributed by atoms with Gasteiger partial charge < -0.3 is 10.4 Å². The van der Waals surface area contributed by atoms with Gasteiger partial charge in [-0.2, -0.15) is 0 Å². The molecule has 2 aromatic rings. The standard InChI is InChI=1S/C19H20F2N2O2/c20-16-7-4-8-17(21)15(16)10-23-9-14(12-24)18(11-23)22-19(25)13-5-2-1-3-6-13/h1-8,14,18,24H,9-12H2,(H,22,25)/t14-,18+/m0/s1. The molecule has 1 aliphatic heterocycles. The molecule has 3 rings (SSSR count). The van der Waals surface area contributed by atoms with Crippen molar-refractivity contribution >= 4 is 5.91 Å². The third-order valence-corrected chi connectivity index (χ3v) is 4.55. The lowest BCUT2D eigenvalue weighted by atomic mass is 10.0. The second-order valence-electron chi connectivity index (χ2n) is 6.28. The Labute approximate surface area is 145 Å². The Hall–Kier alpha value is -2.31. The van der Waals surface area contributed by atoms with Crippen molar-refractivity contribution in [3.8, 4) is 0 Å². The van der Waals surface area contributed by atoms with Gasteiger partial charge in [-0.1, -0.05) is 24.3 Å². The molecule has 0 radical (unpaired) electrons. The second kappa shape index (κ2) is 7.72. The van der Waals surface area contributed by atoms with Crippen molar-refractivity contribution in [2.75, 3.05) is 19.7 Å². The minimum Gasteiger partial charge on any atom is -0.396 e. The van der Waals surface area contributed by atoms with E-state index in [2.05, 4.69) is 5.32 Å². The molecule has 1 amide bonds. The molecule has 132 valence electrons. The SMILES string of the molecule is O=C(N[C@@H]1CN(Cc2c(F)cccc2F)C[C@H]1CO)c1ccccc1. The molecule has 25 heavy (non-hydrogen) atoms. The summed E-state index contributed by atoms with van der Waals surface area (Å²) in [5.41, 5.74) is 0.548. The minimum atomic E-state index is -0.586. The van der Waals surface area contributed by atoms with Crippen molar-refractivity contribution in [3.05, 3.63) is 71.3 Å². The second-order valence-corrected chi connectivity index (χ2v) is 6.28. The number of hydrogen-bond acceptors (Lipinski definition) is 3. The van der Waals surface area contributed by atoms with Gasteiger partial charge in [0.15, 0.2) is 0 Å². The average Bonchev–Trinajstić information content (AvgIpc) is 3.00. The summed E-state index contributed by atoms with van der Waals surface area (Å²) in [6.45, 7) is 0.893. The van der Waals surface area contributed by atoms with E-state index in [4.69, 9.17) is 0 Å². The number of nitrogens with zero attached hydrogens (tertiary/aromatic N) is 1. The predicted octanol–water partition coefficient (Wildman–Crippen LogP) is 2.19. The van der Waals surface area contributed by atoms with Crippen LogP contribution in [-0.4, -0.2) is 41.7 Å². The summed E-state index contributed by atoms with van der Waals surface area (Å²) in [4.78, 5) is 14.1. The molecular weight excluding hydrogens is 326 g/mol. The van der Waals surface area contributed by atoms with Crippen molar-refractivity contribution in [2.24, 2.45) is 5.92 Å². The Morgan fingerprint density at radius 2 is 1.76 bits per heavy atom. The van der Waals surface area contributed by atoms with Crippen LogP contribution >= 0.6 is 0 Å². The number of rotatable bonds is 5. The molecule has 4 nitrogen and oxygen atoms in total. The van der Waals surface area contributed by atoms with E-state index in [1.807, 2.05) is 11.0 Å². The van der Waals surface area contributed by atoms with Crippen LogP contribution in [0.25, 0.3) is 0 Å². The summed E-state index contributed by atoms with van der Waals surface area (Å²) in [5.74, 6) is -1.57. The normalized spacial score (nSPS) is 20.6. The molecule has 0 bridgehead atoms. The van der Waals surface area contributed by atoms with Crippen LogP contribution in [0.1, 0.15) is 15.9 Å². The molecule has 2 atom stereocenters. The third-order valence-electron chi connectivity index (χ3n) is 4.55. The Balaban J connectivity index is 1.67. The molecule has 2 aromatic carbocycles. The van der Waals surface area contributed by atoms with E-state index >= 15 is 0 Å². The first-order valence-electron chi connectivity index (χ1n) is 8.20. The Morgan fingerprint density at radius 3 is 2.40 bits per heavy atom. The summed E-state index contributed by atoms with van der Waals surface area (Å²) in [6, 6.07) is 12.3. The maximum atomic E-state index is 13.8. The zero-order valence-corrected chi connectivity index (χ0v) is 13.7. The zero-order chi connectivity index (χ0) is 17.8. The fourth-order valence-corrected chi connectivity index (χ4v) is 3.19. The first kappa shape index (κ1) is 17.5. The van der Waals surface area contributed by atoms with Gasteiger partial charge in [0.1, 0.15) is 11.6 Å². The molecular formula is C19H20F2N2O2. The Morgan fingerprint density at radius 1 is 1.08 bits per heavy atom. The quantitative estimate of drug-likeness (QED) is 0.873. The highest BCUT2D eigenvalue weighted by atomic mass is 19.1. The third kappa shape index (κ3) is 4.03. The smallest absolute Gasteiger partial charge is 0.251 e. The van der Waals surface area contributed by atoms with Crippen LogP contribution in [0.4, 0.5) is 8.78 Å².